The first-order valence-electron chi connectivity index (χ1n) is 9.09. The molecule has 0 bridgehead atoms. The molecule has 3 rings (SSSR count). The fourth-order valence-electron chi connectivity index (χ4n) is 4.05. The zero-order valence-corrected chi connectivity index (χ0v) is 15.5. The molecule has 0 aromatic carbocycles. The minimum atomic E-state index is -0.808. The second-order valence-electron chi connectivity index (χ2n) is 7.71. The molecule has 140 valence electrons. The molecular formula is C18H29N3O4. The summed E-state index contributed by atoms with van der Waals surface area (Å²) in [4.78, 5) is 14.9. The SMILES string of the molecule is Cc1nn(C(C)C)c(C)c1C(=O)N1CCC2(CC1)C[C@@H](O)[C@@H](O)CO2. The minimum absolute atomic E-state index is 0.0214. The maximum Gasteiger partial charge on any atom is 0.257 e. The van der Waals surface area contributed by atoms with Crippen molar-refractivity contribution in [2.75, 3.05) is 19.7 Å². The first-order chi connectivity index (χ1) is 11.7. The molecule has 0 saturated carbocycles. The van der Waals surface area contributed by atoms with Gasteiger partial charge >= 0.3 is 0 Å². The molecule has 2 N–H and O–H groups in total. The highest BCUT2D eigenvalue weighted by atomic mass is 16.5. The number of ether oxygens (including phenoxy) is 1. The Morgan fingerprint density at radius 3 is 2.40 bits per heavy atom. The molecule has 0 unspecified atom stereocenters. The Morgan fingerprint density at radius 1 is 1.24 bits per heavy atom. The Bertz CT molecular complexity index is 647. The fraction of sp³-hybridized carbons (Fsp3) is 0.778. The third-order valence-corrected chi connectivity index (χ3v) is 5.58. The van der Waals surface area contributed by atoms with Gasteiger partial charge in [-0.15, -0.1) is 0 Å². The van der Waals surface area contributed by atoms with Crippen LogP contribution < -0.4 is 0 Å². The molecule has 1 aromatic rings. The van der Waals surface area contributed by atoms with Gasteiger partial charge in [0.2, 0.25) is 0 Å². The highest BCUT2D eigenvalue weighted by Crippen LogP contribution is 2.35. The van der Waals surface area contributed by atoms with Crippen molar-refractivity contribution in [3.8, 4) is 0 Å². The number of piperidine rings is 1. The lowest BCUT2D eigenvalue weighted by atomic mass is 9.82. The zero-order chi connectivity index (χ0) is 18.4. The van der Waals surface area contributed by atoms with E-state index in [-0.39, 0.29) is 18.6 Å². The maximum atomic E-state index is 13.0. The number of carbonyl (C=O) groups is 1. The zero-order valence-electron chi connectivity index (χ0n) is 15.5. The smallest absolute Gasteiger partial charge is 0.257 e. The van der Waals surface area contributed by atoms with E-state index in [0.29, 0.717) is 37.9 Å². The Balaban J connectivity index is 1.70. The highest BCUT2D eigenvalue weighted by Gasteiger charge is 2.44. The number of carbonyl (C=O) groups excluding carboxylic acids is 1. The number of aryl methyl sites for hydroxylation is 1. The molecule has 1 amide bonds. The quantitative estimate of drug-likeness (QED) is 0.836. The highest BCUT2D eigenvalue weighted by molar-refractivity contribution is 5.96. The lowest BCUT2D eigenvalue weighted by molar-refractivity contribution is -0.185. The van der Waals surface area contributed by atoms with E-state index in [4.69, 9.17) is 4.74 Å². The molecule has 2 aliphatic rings. The van der Waals surface area contributed by atoms with Crippen LogP contribution in [0.15, 0.2) is 0 Å². The molecule has 2 saturated heterocycles. The monoisotopic (exact) mass is 351 g/mol. The second kappa shape index (κ2) is 6.70. The van der Waals surface area contributed by atoms with Crippen LogP contribution in [-0.2, 0) is 4.74 Å². The standard InChI is InChI=1S/C18H29N3O4/c1-11(2)21-13(4)16(12(3)19-21)17(24)20-7-5-18(6-8-20)9-14(22)15(23)10-25-18/h11,14-15,22-23H,5-10H2,1-4H3/t14-,15+/m1/s1. The predicted molar refractivity (Wildman–Crippen MR) is 92.5 cm³/mol. The Labute approximate surface area is 148 Å². The van der Waals surface area contributed by atoms with Gasteiger partial charge in [-0.1, -0.05) is 0 Å². The third kappa shape index (κ3) is 3.32. The summed E-state index contributed by atoms with van der Waals surface area (Å²) in [6.45, 7) is 9.28. The lowest BCUT2D eigenvalue weighted by Crippen LogP contribution is -2.55. The average molecular weight is 351 g/mol. The largest absolute Gasteiger partial charge is 0.390 e. The summed E-state index contributed by atoms with van der Waals surface area (Å²) in [6, 6.07) is 0.216. The van der Waals surface area contributed by atoms with Crippen LogP contribution in [-0.4, -0.2) is 68.3 Å². The van der Waals surface area contributed by atoms with Gasteiger partial charge in [0, 0.05) is 31.2 Å². The summed E-state index contributed by atoms with van der Waals surface area (Å²) in [5.74, 6) is 0.0214. The van der Waals surface area contributed by atoms with Gasteiger partial charge in [-0.3, -0.25) is 9.48 Å². The molecule has 7 nitrogen and oxygen atoms in total. The van der Waals surface area contributed by atoms with Crippen molar-refractivity contribution >= 4 is 5.91 Å². The van der Waals surface area contributed by atoms with E-state index in [1.165, 1.54) is 0 Å². The summed E-state index contributed by atoms with van der Waals surface area (Å²) in [6.07, 6.45) is 0.236. The summed E-state index contributed by atoms with van der Waals surface area (Å²) in [5.41, 5.74) is 1.96. The molecule has 0 aliphatic carbocycles. The van der Waals surface area contributed by atoms with Crippen molar-refractivity contribution in [1.82, 2.24) is 14.7 Å². The van der Waals surface area contributed by atoms with E-state index < -0.39 is 17.8 Å². The van der Waals surface area contributed by atoms with Crippen LogP contribution in [0.1, 0.15) is 60.9 Å². The molecule has 1 aromatic heterocycles. The van der Waals surface area contributed by atoms with Gasteiger partial charge in [0.05, 0.1) is 29.6 Å². The average Bonchev–Trinajstić information content (AvgIpc) is 2.86. The van der Waals surface area contributed by atoms with Crippen molar-refractivity contribution in [2.24, 2.45) is 0 Å². The number of rotatable bonds is 2. The molecule has 25 heavy (non-hydrogen) atoms. The van der Waals surface area contributed by atoms with Crippen molar-refractivity contribution in [1.29, 1.82) is 0 Å². The normalized spacial score (nSPS) is 26.4. The van der Waals surface area contributed by atoms with Crippen molar-refractivity contribution < 1.29 is 19.7 Å². The molecule has 2 atom stereocenters. The second-order valence-corrected chi connectivity index (χ2v) is 7.71. The topological polar surface area (TPSA) is 87.8 Å². The van der Waals surface area contributed by atoms with Gasteiger partial charge in [-0.25, -0.2) is 0 Å². The number of hydrogen-bond donors (Lipinski definition) is 2. The number of nitrogens with zero attached hydrogens (tertiary/aromatic N) is 3. The van der Waals surface area contributed by atoms with Crippen LogP contribution >= 0.6 is 0 Å². The van der Waals surface area contributed by atoms with E-state index in [1.54, 1.807) is 0 Å². The van der Waals surface area contributed by atoms with Gasteiger partial charge in [0.15, 0.2) is 0 Å². The van der Waals surface area contributed by atoms with E-state index in [2.05, 4.69) is 18.9 Å². The molecule has 0 radical (unpaired) electrons. The van der Waals surface area contributed by atoms with E-state index >= 15 is 0 Å². The third-order valence-electron chi connectivity index (χ3n) is 5.58. The Morgan fingerprint density at radius 2 is 1.88 bits per heavy atom. The van der Waals surface area contributed by atoms with Crippen LogP contribution in [0.2, 0.25) is 0 Å². The minimum Gasteiger partial charge on any atom is -0.390 e. The van der Waals surface area contributed by atoms with Crippen LogP contribution in [0.3, 0.4) is 0 Å². The number of aliphatic hydroxyl groups excluding tert-OH is 2. The molecular weight excluding hydrogens is 322 g/mol. The van der Waals surface area contributed by atoms with Crippen molar-refractivity contribution in [2.45, 2.75) is 70.8 Å². The Hall–Kier alpha value is -1.44. The van der Waals surface area contributed by atoms with Crippen molar-refractivity contribution in [3.05, 3.63) is 17.0 Å². The summed E-state index contributed by atoms with van der Waals surface area (Å²) < 4.78 is 7.74. The number of hydrogen-bond acceptors (Lipinski definition) is 5. The van der Waals surface area contributed by atoms with Crippen LogP contribution in [0, 0.1) is 13.8 Å². The van der Waals surface area contributed by atoms with Gasteiger partial charge in [-0.05, 0) is 40.5 Å². The first kappa shape index (κ1) is 18.4. The van der Waals surface area contributed by atoms with E-state index in [0.717, 1.165) is 11.4 Å². The molecule has 2 fully saturated rings. The van der Waals surface area contributed by atoms with E-state index in [9.17, 15) is 15.0 Å². The van der Waals surface area contributed by atoms with Gasteiger partial charge < -0.3 is 19.8 Å². The number of aliphatic hydroxyl groups is 2. The van der Waals surface area contributed by atoms with Gasteiger partial charge in [0.1, 0.15) is 6.10 Å². The van der Waals surface area contributed by atoms with E-state index in [1.807, 2.05) is 23.4 Å². The molecule has 2 aliphatic heterocycles. The first-order valence-corrected chi connectivity index (χ1v) is 9.09. The summed E-state index contributed by atoms with van der Waals surface area (Å²) in [5, 5.41) is 24.1. The summed E-state index contributed by atoms with van der Waals surface area (Å²) >= 11 is 0. The van der Waals surface area contributed by atoms with Crippen LogP contribution in [0.5, 0.6) is 0 Å². The molecule has 1 spiro atoms. The van der Waals surface area contributed by atoms with Gasteiger partial charge in [-0.2, -0.15) is 5.10 Å². The molecule has 3 heterocycles. The summed E-state index contributed by atoms with van der Waals surface area (Å²) in [7, 11) is 0. The van der Waals surface area contributed by atoms with Crippen LogP contribution in [0.25, 0.3) is 0 Å². The number of aromatic nitrogens is 2. The molecule has 7 heteroatoms. The van der Waals surface area contributed by atoms with Crippen molar-refractivity contribution in [3.63, 3.8) is 0 Å². The lowest BCUT2D eigenvalue weighted by Gasteiger charge is -2.46. The maximum absolute atomic E-state index is 13.0. The number of likely N-dealkylation sites (tertiary alicyclic amines) is 1. The Kier molecular flexibility index (Phi) is 4.92. The van der Waals surface area contributed by atoms with Gasteiger partial charge in [0.25, 0.3) is 5.91 Å². The predicted octanol–water partition coefficient (Wildman–Crippen LogP) is 1.20. The fourth-order valence-corrected chi connectivity index (χ4v) is 4.05. The number of amides is 1. The van der Waals surface area contributed by atoms with Crippen LogP contribution in [0.4, 0.5) is 0 Å².